The van der Waals surface area contributed by atoms with Crippen molar-refractivity contribution in [1.82, 2.24) is 9.97 Å². The van der Waals surface area contributed by atoms with Crippen molar-refractivity contribution in [3.05, 3.63) is 48.7 Å². The summed E-state index contributed by atoms with van der Waals surface area (Å²) in [6, 6.07) is 12.4. The summed E-state index contributed by atoms with van der Waals surface area (Å²) >= 11 is 1.30. The van der Waals surface area contributed by atoms with Gasteiger partial charge in [0.1, 0.15) is 15.6 Å². The molecule has 4 nitrogen and oxygen atoms in total. The first kappa shape index (κ1) is 11.7. The molecule has 5 heteroatoms. The molecule has 19 heavy (non-hydrogen) atoms. The molecule has 2 aromatic heterocycles. The van der Waals surface area contributed by atoms with Gasteiger partial charge in [0.2, 0.25) is 5.88 Å². The molecule has 0 amide bonds. The van der Waals surface area contributed by atoms with Gasteiger partial charge < -0.3 is 10.2 Å². The molecule has 0 radical (unpaired) electrons. The summed E-state index contributed by atoms with van der Waals surface area (Å²) in [7, 11) is 0. The number of aromatic hydroxyl groups is 2. The molecule has 0 aliphatic heterocycles. The smallest absolute Gasteiger partial charge is 0.230 e. The van der Waals surface area contributed by atoms with Crippen LogP contribution in [0.1, 0.15) is 0 Å². The highest BCUT2D eigenvalue weighted by Crippen LogP contribution is 2.41. The standard InChI is InChI=1S/C14H10N2O2S/c17-11-7-2-1-5-9(11)12-13(18)16-14(19-12)10-6-3-4-8-15-10/h1-8,17-18H. The molecule has 0 spiro atoms. The lowest BCUT2D eigenvalue weighted by atomic mass is 10.2. The van der Waals surface area contributed by atoms with Crippen LogP contribution in [0.4, 0.5) is 0 Å². The van der Waals surface area contributed by atoms with Gasteiger partial charge in [-0.1, -0.05) is 18.2 Å². The predicted octanol–water partition coefficient (Wildman–Crippen LogP) is 3.28. The lowest BCUT2D eigenvalue weighted by molar-refractivity contribution is 0.456. The Hall–Kier alpha value is -2.40. The Morgan fingerprint density at radius 3 is 2.47 bits per heavy atom. The Labute approximate surface area is 113 Å². The molecular weight excluding hydrogens is 260 g/mol. The minimum Gasteiger partial charge on any atom is -0.507 e. The normalized spacial score (nSPS) is 10.5. The van der Waals surface area contributed by atoms with E-state index in [0.29, 0.717) is 21.1 Å². The van der Waals surface area contributed by atoms with E-state index in [1.54, 1.807) is 30.5 Å². The van der Waals surface area contributed by atoms with Crippen LogP contribution in [0.25, 0.3) is 21.1 Å². The van der Waals surface area contributed by atoms with Gasteiger partial charge in [-0.15, -0.1) is 11.3 Å². The SMILES string of the molecule is Oc1ccccc1-c1sc(-c2ccccn2)nc1O. The number of hydrogen-bond donors (Lipinski definition) is 2. The molecule has 94 valence electrons. The fourth-order valence-corrected chi connectivity index (χ4v) is 2.72. The first-order valence-electron chi connectivity index (χ1n) is 5.65. The second kappa shape index (κ2) is 4.70. The third-order valence-electron chi connectivity index (χ3n) is 2.64. The number of rotatable bonds is 2. The van der Waals surface area contributed by atoms with Gasteiger partial charge in [0.15, 0.2) is 0 Å². The van der Waals surface area contributed by atoms with Gasteiger partial charge in [0, 0.05) is 11.8 Å². The molecule has 0 aliphatic carbocycles. The topological polar surface area (TPSA) is 66.2 Å². The lowest BCUT2D eigenvalue weighted by Gasteiger charge is -2.00. The largest absolute Gasteiger partial charge is 0.507 e. The fraction of sp³-hybridized carbons (Fsp3) is 0. The van der Waals surface area contributed by atoms with E-state index in [1.807, 2.05) is 18.2 Å². The zero-order valence-electron chi connectivity index (χ0n) is 9.82. The highest BCUT2D eigenvalue weighted by molar-refractivity contribution is 7.18. The summed E-state index contributed by atoms with van der Waals surface area (Å²) < 4.78 is 0. The Morgan fingerprint density at radius 1 is 0.947 bits per heavy atom. The van der Waals surface area contributed by atoms with Gasteiger partial charge in [0.25, 0.3) is 0 Å². The van der Waals surface area contributed by atoms with Crippen LogP contribution in [0.15, 0.2) is 48.7 Å². The van der Waals surface area contributed by atoms with E-state index in [-0.39, 0.29) is 11.6 Å². The quantitative estimate of drug-likeness (QED) is 0.750. The molecule has 0 saturated heterocycles. The van der Waals surface area contributed by atoms with E-state index < -0.39 is 0 Å². The van der Waals surface area contributed by atoms with Crippen LogP contribution in [0.5, 0.6) is 11.6 Å². The van der Waals surface area contributed by atoms with Crippen LogP contribution in [-0.4, -0.2) is 20.2 Å². The van der Waals surface area contributed by atoms with Crippen molar-refractivity contribution in [3.63, 3.8) is 0 Å². The third kappa shape index (κ3) is 2.15. The van der Waals surface area contributed by atoms with E-state index in [2.05, 4.69) is 9.97 Å². The van der Waals surface area contributed by atoms with Gasteiger partial charge in [-0.25, -0.2) is 0 Å². The van der Waals surface area contributed by atoms with Gasteiger partial charge in [-0.3, -0.25) is 4.98 Å². The van der Waals surface area contributed by atoms with Gasteiger partial charge in [0.05, 0.1) is 5.69 Å². The summed E-state index contributed by atoms with van der Waals surface area (Å²) in [6.07, 6.45) is 1.67. The summed E-state index contributed by atoms with van der Waals surface area (Å²) in [5.74, 6) is 0.0289. The van der Waals surface area contributed by atoms with Crippen LogP contribution in [0, 0.1) is 0 Å². The number of benzene rings is 1. The Morgan fingerprint density at radius 2 is 1.74 bits per heavy atom. The number of aromatic nitrogens is 2. The van der Waals surface area contributed by atoms with Crippen molar-refractivity contribution < 1.29 is 10.2 Å². The Kier molecular flexibility index (Phi) is 2.89. The maximum atomic E-state index is 9.93. The minimum absolute atomic E-state index is 0.0906. The molecule has 0 bridgehead atoms. The number of nitrogens with zero attached hydrogens (tertiary/aromatic N) is 2. The van der Waals surface area contributed by atoms with Crippen LogP contribution in [-0.2, 0) is 0 Å². The van der Waals surface area contributed by atoms with Crippen LogP contribution < -0.4 is 0 Å². The number of para-hydroxylation sites is 1. The van der Waals surface area contributed by atoms with Crippen LogP contribution >= 0.6 is 11.3 Å². The number of thiazole rings is 1. The molecule has 2 N–H and O–H groups in total. The summed E-state index contributed by atoms with van der Waals surface area (Å²) in [6.45, 7) is 0. The first-order chi connectivity index (χ1) is 9.25. The van der Waals surface area contributed by atoms with E-state index >= 15 is 0 Å². The molecule has 2 heterocycles. The number of hydrogen-bond acceptors (Lipinski definition) is 5. The maximum absolute atomic E-state index is 9.93. The maximum Gasteiger partial charge on any atom is 0.230 e. The van der Waals surface area contributed by atoms with Crippen molar-refractivity contribution in [3.8, 4) is 32.8 Å². The lowest BCUT2D eigenvalue weighted by Crippen LogP contribution is -1.78. The van der Waals surface area contributed by atoms with E-state index in [0.717, 1.165) is 0 Å². The second-order valence-electron chi connectivity index (χ2n) is 3.90. The molecular formula is C14H10N2O2S. The van der Waals surface area contributed by atoms with Crippen molar-refractivity contribution in [2.75, 3.05) is 0 Å². The van der Waals surface area contributed by atoms with Crippen LogP contribution in [0.3, 0.4) is 0 Å². The molecule has 3 aromatic rings. The highest BCUT2D eigenvalue weighted by Gasteiger charge is 2.16. The van der Waals surface area contributed by atoms with Crippen LogP contribution in [0.2, 0.25) is 0 Å². The Balaban J connectivity index is 2.11. The molecule has 0 aliphatic rings. The molecule has 0 fully saturated rings. The van der Waals surface area contributed by atoms with Crippen molar-refractivity contribution >= 4 is 11.3 Å². The molecule has 0 unspecified atom stereocenters. The van der Waals surface area contributed by atoms with Crippen molar-refractivity contribution in [2.45, 2.75) is 0 Å². The average Bonchev–Trinajstić information content (AvgIpc) is 2.82. The van der Waals surface area contributed by atoms with E-state index in [1.165, 1.54) is 11.3 Å². The zero-order valence-corrected chi connectivity index (χ0v) is 10.6. The van der Waals surface area contributed by atoms with E-state index in [4.69, 9.17) is 0 Å². The highest BCUT2D eigenvalue weighted by atomic mass is 32.1. The van der Waals surface area contributed by atoms with Gasteiger partial charge in [-0.05, 0) is 24.3 Å². The van der Waals surface area contributed by atoms with E-state index in [9.17, 15) is 10.2 Å². The molecule has 1 aromatic carbocycles. The molecule has 0 saturated carbocycles. The fourth-order valence-electron chi connectivity index (χ4n) is 1.75. The summed E-state index contributed by atoms with van der Waals surface area (Å²) in [4.78, 5) is 8.83. The monoisotopic (exact) mass is 270 g/mol. The first-order valence-corrected chi connectivity index (χ1v) is 6.47. The number of phenolic OH excluding ortho intramolecular Hbond substituents is 1. The zero-order chi connectivity index (χ0) is 13.2. The second-order valence-corrected chi connectivity index (χ2v) is 4.90. The Bertz CT molecular complexity index is 710. The van der Waals surface area contributed by atoms with Gasteiger partial charge in [-0.2, -0.15) is 4.98 Å². The predicted molar refractivity (Wildman–Crippen MR) is 74.1 cm³/mol. The van der Waals surface area contributed by atoms with Crippen molar-refractivity contribution in [1.29, 1.82) is 0 Å². The number of pyridine rings is 1. The molecule has 3 rings (SSSR count). The minimum atomic E-state index is -0.0906. The summed E-state index contributed by atoms with van der Waals surface area (Å²) in [5.41, 5.74) is 1.27. The summed E-state index contributed by atoms with van der Waals surface area (Å²) in [5, 5.41) is 20.4. The molecule has 0 atom stereocenters. The third-order valence-corrected chi connectivity index (χ3v) is 3.74. The average molecular weight is 270 g/mol. The van der Waals surface area contributed by atoms with Crippen molar-refractivity contribution in [2.24, 2.45) is 0 Å². The number of phenols is 1. The van der Waals surface area contributed by atoms with Gasteiger partial charge >= 0.3 is 0 Å².